The van der Waals surface area contributed by atoms with Crippen LogP contribution in [0, 0.1) is 0 Å². The largest absolute Gasteiger partial charge is 0.366 e. The summed E-state index contributed by atoms with van der Waals surface area (Å²) in [5, 5.41) is 2.31. The zero-order chi connectivity index (χ0) is 9.59. The summed E-state index contributed by atoms with van der Waals surface area (Å²) in [5.74, 6) is 0. The number of hydrogen-bond acceptors (Lipinski definition) is 0. The summed E-state index contributed by atoms with van der Waals surface area (Å²) in [4.78, 5) is 3.07. The molecule has 0 aliphatic rings. The zero-order valence-electron chi connectivity index (χ0n) is 6.17. The maximum Gasteiger partial charge on any atom is 0.0478 e. The van der Waals surface area contributed by atoms with Crippen LogP contribution < -0.4 is 0 Å². The number of fused-ring (bicyclic) bond motifs is 1. The molecule has 0 aliphatic heterocycles. The molecule has 0 amide bonds. The SMILES string of the molecule is Brc1c(Br)c(Br)c2c[nH]cc2c1Br. The zero-order valence-corrected chi connectivity index (χ0v) is 12.5. The quantitative estimate of drug-likeness (QED) is 0.434. The highest BCUT2D eigenvalue weighted by atomic mass is 79.9. The number of nitrogens with one attached hydrogen (secondary N) is 1. The van der Waals surface area contributed by atoms with Crippen LogP contribution in [0.25, 0.3) is 10.8 Å². The van der Waals surface area contributed by atoms with E-state index in [9.17, 15) is 0 Å². The van der Waals surface area contributed by atoms with E-state index in [4.69, 9.17) is 0 Å². The highest BCUT2D eigenvalue weighted by Gasteiger charge is 2.13. The van der Waals surface area contributed by atoms with Crippen LogP contribution in [0.4, 0.5) is 0 Å². The van der Waals surface area contributed by atoms with E-state index in [2.05, 4.69) is 68.7 Å². The Balaban J connectivity index is 3.02. The van der Waals surface area contributed by atoms with Crippen LogP contribution in [0.3, 0.4) is 0 Å². The Labute approximate surface area is 109 Å². The molecular weight excluding hydrogens is 430 g/mol. The summed E-state index contributed by atoms with van der Waals surface area (Å²) in [7, 11) is 0. The molecule has 1 aromatic carbocycles. The van der Waals surface area contributed by atoms with Crippen molar-refractivity contribution in [2.24, 2.45) is 0 Å². The van der Waals surface area contributed by atoms with Gasteiger partial charge in [0.1, 0.15) is 0 Å². The minimum atomic E-state index is 1.02. The van der Waals surface area contributed by atoms with Crippen molar-refractivity contribution in [3.05, 3.63) is 30.3 Å². The van der Waals surface area contributed by atoms with Crippen LogP contribution in [0.15, 0.2) is 30.3 Å². The lowest BCUT2D eigenvalue weighted by Gasteiger charge is -2.04. The van der Waals surface area contributed by atoms with Crippen molar-refractivity contribution < 1.29 is 0 Å². The van der Waals surface area contributed by atoms with Crippen molar-refractivity contribution in [2.45, 2.75) is 0 Å². The number of benzene rings is 1. The first kappa shape index (κ1) is 10.2. The molecule has 0 radical (unpaired) electrons. The Bertz CT molecular complexity index is 432. The van der Waals surface area contributed by atoms with Gasteiger partial charge in [-0.25, -0.2) is 0 Å². The molecule has 0 saturated carbocycles. The van der Waals surface area contributed by atoms with Crippen LogP contribution >= 0.6 is 63.7 Å². The van der Waals surface area contributed by atoms with Gasteiger partial charge in [-0.15, -0.1) is 0 Å². The number of hydrogen-bond donors (Lipinski definition) is 1. The summed E-state index contributed by atoms with van der Waals surface area (Å²) >= 11 is 14.1. The van der Waals surface area contributed by atoms with E-state index in [0.717, 1.165) is 28.7 Å². The number of aromatic amines is 1. The first-order valence-electron chi connectivity index (χ1n) is 3.41. The Morgan fingerprint density at radius 3 is 1.46 bits per heavy atom. The maximum atomic E-state index is 3.53. The highest BCUT2D eigenvalue weighted by Crippen LogP contribution is 2.43. The molecule has 2 aromatic rings. The van der Waals surface area contributed by atoms with Gasteiger partial charge < -0.3 is 4.98 Å². The van der Waals surface area contributed by atoms with Gasteiger partial charge in [-0.2, -0.15) is 0 Å². The van der Waals surface area contributed by atoms with E-state index in [1.807, 2.05) is 12.4 Å². The molecule has 0 fully saturated rings. The van der Waals surface area contributed by atoms with E-state index in [1.165, 1.54) is 0 Å². The minimum absolute atomic E-state index is 1.02. The number of rotatable bonds is 0. The summed E-state index contributed by atoms with van der Waals surface area (Å²) in [5.41, 5.74) is 0. The van der Waals surface area contributed by atoms with Gasteiger partial charge in [-0.1, -0.05) is 0 Å². The molecule has 0 atom stereocenters. The molecule has 68 valence electrons. The van der Waals surface area contributed by atoms with Crippen LogP contribution in [0.1, 0.15) is 0 Å². The first-order chi connectivity index (χ1) is 6.13. The van der Waals surface area contributed by atoms with Gasteiger partial charge in [-0.3, -0.25) is 0 Å². The van der Waals surface area contributed by atoms with Crippen LogP contribution in [0.2, 0.25) is 0 Å². The van der Waals surface area contributed by atoms with E-state index >= 15 is 0 Å². The molecule has 0 saturated heterocycles. The standard InChI is InChI=1S/C8H3Br4N/c9-5-3-1-13-2-4(3)6(10)8(12)7(5)11/h1-2,13H. The van der Waals surface area contributed by atoms with Gasteiger partial charge in [-0.05, 0) is 63.7 Å². The van der Waals surface area contributed by atoms with Crippen molar-refractivity contribution in [3.63, 3.8) is 0 Å². The highest BCUT2D eigenvalue weighted by molar-refractivity contribution is 9.15. The summed E-state index contributed by atoms with van der Waals surface area (Å²) in [6.07, 6.45) is 3.92. The monoisotopic (exact) mass is 429 g/mol. The second-order valence-corrected chi connectivity index (χ2v) is 5.71. The van der Waals surface area contributed by atoms with Crippen molar-refractivity contribution >= 4 is 74.5 Å². The van der Waals surface area contributed by atoms with Crippen LogP contribution in [0.5, 0.6) is 0 Å². The van der Waals surface area contributed by atoms with Gasteiger partial charge in [0.2, 0.25) is 0 Å². The maximum absolute atomic E-state index is 3.53. The first-order valence-corrected chi connectivity index (χ1v) is 6.58. The summed E-state index contributed by atoms with van der Waals surface area (Å²) < 4.78 is 4.15. The number of halogens is 4. The fraction of sp³-hybridized carbons (Fsp3) is 0. The second kappa shape index (κ2) is 3.68. The van der Waals surface area contributed by atoms with E-state index in [-0.39, 0.29) is 0 Å². The van der Waals surface area contributed by atoms with Crippen molar-refractivity contribution in [1.82, 2.24) is 4.98 Å². The van der Waals surface area contributed by atoms with Crippen LogP contribution in [-0.2, 0) is 0 Å². The molecule has 0 aliphatic carbocycles. The van der Waals surface area contributed by atoms with Crippen LogP contribution in [-0.4, -0.2) is 4.98 Å². The third-order valence-electron chi connectivity index (χ3n) is 1.80. The second-order valence-electron chi connectivity index (χ2n) is 2.54. The summed E-state index contributed by atoms with van der Waals surface area (Å²) in [6.45, 7) is 0. The predicted octanol–water partition coefficient (Wildman–Crippen LogP) is 5.22. The van der Waals surface area contributed by atoms with Gasteiger partial charge in [0, 0.05) is 41.1 Å². The lowest BCUT2D eigenvalue weighted by atomic mass is 10.2. The molecule has 1 N–H and O–H groups in total. The lowest BCUT2D eigenvalue weighted by Crippen LogP contribution is -1.77. The van der Waals surface area contributed by atoms with Gasteiger partial charge >= 0.3 is 0 Å². The molecule has 0 unspecified atom stereocenters. The van der Waals surface area contributed by atoms with Crippen molar-refractivity contribution in [1.29, 1.82) is 0 Å². The van der Waals surface area contributed by atoms with Gasteiger partial charge in [0.15, 0.2) is 0 Å². The van der Waals surface area contributed by atoms with Gasteiger partial charge in [0.05, 0.1) is 0 Å². The van der Waals surface area contributed by atoms with Crippen molar-refractivity contribution in [3.8, 4) is 0 Å². The summed E-state index contributed by atoms with van der Waals surface area (Å²) in [6, 6.07) is 0. The Morgan fingerprint density at radius 1 is 0.692 bits per heavy atom. The molecule has 2 rings (SSSR count). The fourth-order valence-corrected chi connectivity index (χ4v) is 3.56. The Kier molecular flexibility index (Phi) is 2.89. The topological polar surface area (TPSA) is 15.8 Å². The molecule has 1 nitrogen and oxygen atoms in total. The normalized spacial score (nSPS) is 11.1. The average molecular weight is 433 g/mol. The Hall–Kier alpha value is 0.680. The minimum Gasteiger partial charge on any atom is -0.366 e. The third kappa shape index (κ3) is 1.54. The smallest absolute Gasteiger partial charge is 0.0478 e. The molecule has 1 aromatic heterocycles. The molecular formula is C8H3Br4N. The molecule has 0 spiro atoms. The van der Waals surface area contributed by atoms with Gasteiger partial charge in [0.25, 0.3) is 0 Å². The molecule has 0 bridgehead atoms. The lowest BCUT2D eigenvalue weighted by molar-refractivity contribution is 1.43. The predicted molar refractivity (Wildman–Crippen MR) is 69.1 cm³/mol. The molecule has 13 heavy (non-hydrogen) atoms. The number of aromatic nitrogens is 1. The number of H-pyrrole nitrogens is 1. The Morgan fingerprint density at radius 2 is 1.08 bits per heavy atom. The van der Waals surface area contributed by atoms with E-state index in [1.54, 1.807) is 0 Å². The molecule has 5 heteroatoms. The third-order valence-corrected chi connectivity index (χ3v) is 6.63. The van der Waals surface area contributed by atoms with E-state index < -0.39 is 0 Å². The fourth-order valence-electron chi connectivity index (χ4n) is 1.16. The molecule has 1 heterocycles. The average Bonchev–Trinajstić information content (AvgIpc) is 2.59. The van der Waals surface area contributed by atoms with Crippen molar-refractivity contribution in [2.75, 3.05) is 0 Å². The van der Waals surface area contributed by atoms with E-state index in [0.29, 0.717) is 0 Å².